The Hall–Kier alpha value is -4.28. The smallest absolute Gasteiger partial charge is 0.403 e. The van der Waals surface area contributed by atoms with E-state index in [4.69, 9.17) is 55.2 Å². The van der Waals surface area contributed by atoms with Crippen LogP contribution in [0.25, 0.3) is 0 Å². The highest BCUT2D eigenvalue weighted by atomic mass is 35.6. The molecule has 0 amide bonds. The third kappa shape index (κ3) is 91.6. The molecule has 0 aromatic rings. The maximum absolute atomic E-state index is 11.0. The molecule has 318 valence electrons. The van der Waals surface area contributed by atoms with Crippen LogP contribution in [-0.2, 0) is 71.7 Å². The van der Waals surface area contributed by atoms with Gasteiger partial charge in [-0.1, -0.05) is 67.6 Å². The number of hydrogen-bond acceptors (Lipinski definition) is 17. The average molecular weight is 846 g/mol. The number of carbonyl (C=O) groups excluding carboxylic acids is 10. The Morgan fingerprint density at radius 1 is 0.593 bits per heavy atom. The lowest BCUT2D eigenvalue weighted by Crippen LogP contribution is -2.22. The fraction of sp³-hybridized carbons (Fsp3) is 0.719. The molecule has 0 saturated carbocycles. The summed E-state index contributed by atoms with van der Waals surface area (Å²) >= 11 is 10.3. The number of halogens is 2. The molecule has 22 heteroatoms. The minimum absolute atomic E-state index is 0.00370. The van der Waals surface area contributed by atoms with Crippen LogP contribution in [0.2, 0.25) is 19.6 Å². The molecule has 2 unspecified atom stereocenters. The number of rotatable bonds is 11. The van der Waals surface area contributed by atoms with E-state index >= 15 is 0 Å². The number of carbonyl (C=O) groups is 6. The van der Waals surface area contributed by atoms with Crippen molar-refractivity contribution in [3.8, 4) is 0 Å². The van der Waals surface area contributed by atoms with Gasteiger partial charge in [0.15, 0.2) is 0 Å². The number of carboxylic acids is 2. The van der Waals surface area contributed by atoms with Crippen LogP contribution >= 0.6 is 22.7 Å². The molecule has 0 heterocycles. The molecule has 0 rings (SSSR count). The van der Waals surface area contributed by atoms with E-state index in [-0.39, 0.29) is 72.9 Å². The first-order chi connectivity index (χ1) is 24.7. The van der Waals surface area contributed by atoms with Gasteiger partial charge >= 0.3 is 53.7 Å². The number of carboxylic acid groups (broad SMARTS) is 2. The number of aliphatic carboxylic acids is 2. The van der Waals surface area contributed by atoms with Gasteiger partial charge in [0.05, 0.1) is 40.3 Å². The fourth-order valence-electron chi connectivity index (χ4n) is 2.25. The van der Waals surface area contributed by atoms with Crippen LogP contribution in [0.4, 0.5) is 4.79 Å². The Balaban J connectivity index is -0.0000000647. The molecule has 5 atom stereocenters. The first-order valence-electron chi connectivity index (χ1n) is 15.2. The number of aliphatic hydroxyl groups is 1. The summed E-state index contributed by atoms with van der Waals surface area (Å²) in [6.45, 7) is 17.1. The molecule has 19 nitrogen and oxygen atoms in total. The quantitative estimate of drug-likeness (QED) is 0.0857. The number of esters is 3. The zero-order valence-corrected chi connectivity index (χ0v) is 35.9. The van der Waals surface area contributed by atoms with Crippen molar-refractivity contribution in [2.45, 2.75) is 86.9 Å². The predicted molar refractivity (Wildman–Crippen MR) is 192 cm³/mol. The highest BCUT2D eigenvalue weighted by molar-refractivity contribution is 7.18. The Labute approximate surface area is 327 Å². The van der Waals surface area contributed by atoms with Crippen LogP contribution in [0.5, 0.6) is 0 Å². The molecular formula is C32H58Cl2O19Si. The summed E-state index contributed by atoms with van der Waals surface area (Å²) in [7, 11) is 5.04. The van der Waals surface area contributed by atoms with E-state index < -0.39 is 24.8 Å². The molecule has 54 heavy (non-hydrogen) atoms. The van der Waals surface area contributed by atoms with Crippen molar-refractivity contribution in [2.24, 2.45) is 29.6 Å². The van der Waals surface area contributed by atoms with Crippen LogP contribution in [0.1, 0.15) is 67.2 Å². The summed E-state index contributed by atoms with van der Waals surface area (Å²) in [6, 6.07) is 0. The van der Waals surface area contributed by atoms with Gasteiger partial charge in [0.2, 0.25) is 0 Å². The van der Waals surface area contributed by atoms with Crippen LogP contribution in [0.3, 0.4) is 0 Å². The Morgan fingerprint density at radius 3 is 0.981 bits per heavy atom. The third-order valence-corrected chi connectivity index (χ3v) is 5.60. The summed E-state index contributed by atoms with van der Waals surface area (Å²) in [5.41, 5.74) is -0.773. The van der Waals surface area contributed by atoms with Crippen LogP contribution in [0, 0.1) is 29.6 Å². The molecule has 0 bridgehead atoms. The van der Waals surface area contributed by atoms with E-state index in [9.17, 15) is 28.8 Å². The molecule has 0 aliphatic rings. The lowest BCUT2D eigenvalue weighted by atomic mass is 9.93. The molecule has 0 saturated heterocycles. The Kier molecular flexibility index (Phi) is 70.0. The van der Waals surface area contributed by atoms with Crippen molar-refractivity contribution in [2.75, 3.05) is 35.5 Å². The highest BCUT2D eigenvalue weighted by Crippen LogP contribution is 2.17. The van der Waals surface area contributed by atoms with E-state index in [1.807, 2.05) is 20.8 Å². The lowest BCUT2D eigenvalue weighted by Gasteiger charge is -2.15. The molecule has 0 aliphatic carbocycles. The topological polar surface area (TPSA) is 302 Å². The zero-order valence-electron chi connectivity index (χ0n) is 33.3. The van der Waals surface area contributed by atoms with Gasteiger partial charge < -0.3 is 34.3 Å². The molecule has 0 spiro atoms. The maximum Gasteiger partial charge on any atom is 0.403 e. The Bertz CT molecular complexity index is 1030. The largest absolute Gasteiger partial charge is 0.481 e. The van der Waals surface area contributed by atoms with E-state index in [0.29, 0.717) is 12.3 Å². The standard InChI is InChI=1S/C9H16O4.C8H14O4.C6H12O2.C3H9ClSi.C2H3ClO2.3CO2.CH4O/c1-6(5-8(10)12-3)7(2)9(11)13-4;1-5(4-7(9)10)6(2)8(11)12-3;1-3-5(2)4-6(7)8;1-5(2,3)4;1-5-2(3)4;3*2-1-3;1-2/h6-7H,5H2,1-4H3;5-6H,4H2,1-3H3,(H,9,10);5H,3-4H2,1-2H3,(H,7,8);1-3H3;1H3;;;;2H,1H3/t6-,7?;5-,6?;5-;;;;;;/m110....../s1. The van der Waals surface area contributed by atoms with Crippen LogP contribution in [0.15, 0.2) is 0 Å². The zero-order chi connectivity index (χ0) is 45.6. The SMILES string of the molecule is CC[C@H](C)CC(=O)O.CO.COC(=O)C(C)[C@H](C)CC(=O)O.COC(=O)C[C@@H](C)C(C)C(=O)OC.COC(=O)Cl.C[Si](C)(C)Cl.O=C=O.O=C=O.O=C=O. The minimum atomic E-state index is -1.14. The van der Waals surface area contributed by atoms with Crippen LogP contribution < -0.4 is 0 Å². The summed E-state index contributed by atoms with van der Waals surface area (Å²) < 4.78 is 17.4. The van der Waals surface area contributed by atoms with Crippen molar-refractivity contribution < 1.29 is 91.8 Å². The van der Waals surface area contributed by atoms with Crippen molar-refractivity contribution in [3.63, 3.8) is 0 Å². The maximum atomic E-state index is 11.0. The van der Waals surface area contributed by atoms with Gasteiger partial charge in [0.25, 0.3) is 0 Å². The Morgan fingerprint density at radius 2 is 0.833 bits per heavy atom. The molecule has 0 fully saturated rings. The second-order valence-corrected chi connectivity index (χ2v) is 18.7. The molecule has 0 aliphatic heterocycles. The average Bonchev–Trinajstić information content (AvgIpc) is 3.08. The van der Waals surface area contributed by atoms with Gasteiger partial charge in [0.1, 0.15) is 7.38 Å². The number of methoxy groups -OCH3 is 4. The van der Waals surface area contributed by atoms with Crippen molar-refractivity contribution in [3.05, 3.63) is 0 Å². The molecule has 0 aromatic heterocycles. The monoisotopic (exact) mass is 844 g/mol. The molecule has 0 aromatic carbocycles. The molecule has 3 N–H and O–H groups in total. The van der Waals surface area contributed by atoms with Crippen LogP contribution in [-0.4, -0.2) is 112 Å². The predicted octanol–water partition coefficient (Wildman–Crippen LogP) is 4.32. The molecular weight excluding hydrogens is 787 g/mol. The van der Waals surface area contributed by atoms with Crippen molar-refractivity contribution in [1.29, 1.82) is 0 Å². The normalized spacial score (nSPS) is 11.1. The summed E-state index contributed by atoms with van der Waals surface area (Å²) in [5, 5.41) is 23.7. The number of hydrogen-bond donors (Lipinski definition) is 3. The lowest BCUT2D eigenvalue weighted by molar-refractivity contribution is -0.193. The van der Waals surface area contributed by atoms with Gasteiger partial charge in [-0.05, 0) is 17.8 Å². The number of aliphatic hydroxyl groups excluding tert-OH is 1. The summed E-state index contributed by atoms with van der Waals surface area (Å²) in [5.74, 6) is -3.08. The van der Waals surface area contributed by atoms with Crippen molar-refractivity contribution >= 4 is 83.8 Å². The van der Waals surface area contributed by atoms with E-state index in [2.05, 4.69) is 50.2 Å². The van der Waals surface area contributed by atoms with Crippen molar-refractivity contribution in [1.82, 2.24) is 0 Å². The van der Waals surface area contributed by atoms with E-state index in [0.717, 1.165) is 13.5 Å². The second kappa shape index (κ2) is 53.1. The van der Waals surface area contributed by atoms with E-state index in [1.165, 1.54) is 28.4 Å². The summed E-state index contributed by atoms with van der Waals surface area (Å²) in [4.78, 5) is 111. The van der Waals surface area contributed by atoms with E-state index in [1.54, 1.807) is 20.8 Å². The molecule has 0 radical (unpaired) electrons. The first-order valence-corrected chi connectivity index (χ1v) is 20.1. The van der Waals surface area contributed by atoms with Gasteiger partial charge in [-0.3, -0.25) is 24.0 Å². The van der Waals surface area contributed by atoms with Gasteiger partial charge in [-0.25, -0.2) is 4.79 Å². The van der Waals surface area contributed by atoms with Gasteiger partial charge in [-0.15, -0.1) is 0 Å². The fourth-order valence-corrected chi connectivity index (χ4v) is 2.25. The minimum Gasteiger partial charge on any atom is -0.481 e. The van der Waals surface area contributed by atoms with Gasteiger partial charge in [-0.2, -0.15) is 39.8 Å². The van der Waals surface area contributed by atoms with Gasteiger partial charge in [0, 0.05) is 38.0 Å². The first kappa shape index (κ1) is 71.2. The second-order valence-electron chi connectivity index (χ2n) is 10.8. The third-order valence-electron chi connectivity index (χ3n) is 5.45. The number of ether oxygens (including phenoxy) is 4. The highest BCUT2D eigenvalue weighted by Gasteiger charge is 2.23. The summed E-state index contributed by atoms with van der Waals surface area (Å²) in [6.07, 6.45) is 2.24.